The molecule has 2 aliphatic rings. The Bertz CT molecular complexity index is 1140. The van der Waals surface area contributed by atoms with Crippen molar-refractivity contribution < 1.29 is 9.59 Å². The molecule has 0 bridgehead atoms. The number of aromatic nitrogens is 2. The van der Waals surface area contributed by atoms with Crippen molar-refractivity contribution in [2.45, 2.75) is 38.3 Å². The van der Waals surface area contributed by atoms with Crippen LogP contribution in [0.25, 0.3) is 5.82 Å². The second-order valence-electron chi connectivity index (χ2n) is 8.82. The van der Waals surface area contributed by atoms with E-state index in [1.165, 1.54) is 0 Å². The Labute approximate surface area is 191 Å². The molecule has 3 aromatic rings. The van der Waals surface area contributed by atoms with Gasteiger partial charge in [-0.3, -0.25) is 9.59 Å². The van der Waals surface area contributed by atoms with Gasteiger partial charge in [0.2, 0.25) is 11.8 Å². The second kappa shape index (κ2) is 8.09. The van der Waals surface area contributed by atoms with Crippen LogP contribution < -0.4 is 10.2 Å². The average molecular weight is 450 g/mol. The molecule has 166 valence electrons. The minimum atomic E-state index is -0.474. The van der Waals surface area contributed by atoms with Gasteiger partial charge in [-0.15, -0.1) is 0 Å². The summed E-state index contributed by atoms with van der Waals surface area (Å²) in [6, 6.07) is 10.1. The van der Waals surface area contributed by atoms with Crippen molar-refractivity contribution in [2.24, 2.45) is 0 Å². The summed E-state index contributed by atoms with van der Waals surface area (Å²) in [6.07, 6.45) is 4.96. The largest absolute Gasteiger partial charge is 0.352 e. The van der Waals surface area contributed by atoms with Gasteiger partial charge in [0.25, 0.3) is 0 Å². The molecule has 2 aliphatic heterocycles. The van der Waals surface area contributed by atoms with Crippen molar-refractivity contribution in [1.29, 1.82) is 0 Å². The molecule has 3 aromatic heterocycles. The molecule has 5 heterocycles. The lowest BCUT2D eigenvalue weighted by atomic mass is 9.88. The molecule has 2 amide bonds. The van der Waals surface area contributed by atoms with E-state index in [0.717, 1.165) is 29.2 Å². The Kier molecular flexibility index (Phi) is 5.25. The Morgan fingerprint density at radius 2 is 2.12 bits per heavy atom. The Balaban J connectivity index is 1.51. The molecule has 1 spiro atoms. The number of amides is 2. The molecule has 0 aromatic carbocycles. The van der Waals surface area contributed by atoms with Crippen LogP contribution in [0.1, 0.15) is 31.5 Å². The van der Waals surface area contributed by atoms with Crippen molar-refractivity contribution in [3.63, 3.8) is 0 Å². The predicted octanol–water partition coefficient (Wildman–Crippen LogP) is 2.95. The molecule has 0 saturated carbocycles. The van der Waals surface area contributed by atoms with E-state index in [1.54, 1.807) is 17.5 Å². The van der Waals surface area contributed by atoms with Gasteiger partial charge in [-0.1, -0.05) is 0 Å². The zero-order chi connectivity index (χ0) is 22.3. The van der Waals surface area contributed by atoms with E-state index in [2.05, 4.69) is 25.8 Å². The summed E-state index contributed by atoms with van der Waals surface area (Å²) < 4.78 is 2.11. The van der Waals surface area contributed by atoms with Crippen molar-refractivity contribution in [3.8, 4) is 5.82 Å². The van der Waals surface area contributed by atoms with E-state index in [1.807, 2.05) is 60.0 Å². The SMILES string of the molecule is CC(C)NC(=O)CN1c2cccnc2-n2cccc2[C@@]12CCN(C(=O)Cc1ccsc1)C2. The minimum Gasteiger partial charge on any atom is -0.352 e. The van der Waals surface area contributed by atoms with Crippen LogP contribution in [0, 0.1) is 0 Å². The van der Waals surface area contributed by atoms with Gasteiger partial charge in [-0.05, 0) is 66.9 Å². The molecular weight excluding hydrogens is 422 g/mol. The van der Waals surface area contributed by atoms with Gasteiger partial charge in [0.15, 0.2) is 5.82 Å². The number of nitrogens with one attached hydrogen (secondary N) is 1. The fraction of sp³-hybridized carbons (Fsp3) is 0.375. The zero-order valence-electron chi connectivity index (χ0n) is 18.3. The van der Waals surface area contributed by atoms with Crippen LogP contribution in [-0.4, -0.2) is 51.9 Å². The van der Waals surface area contributed by atoms with Crippen LogP contribution in [0.15, 0.2) is 53.5 Å². The van der Waals surface area contributed by atoms with Crippen LogP contribution in [0.4, 0.5) is 5.69 Å². The highest BCUT2D eigenvalue weighted by molar-refractivity contribution is 7.08. The topological polar surface area (TPSA) is 70.5 Å². The summed E-state index contributed by atoms with van der Waals surface area (Å²) in [7, 11) is 0. The maximum Gasteiger partial charge on any atom is 0.239 e. The lowest BCUT2D eigenvalue weighted by molar-refractivity contribution is -0.129. The summed E-state index contributed by atoms with van der Waals surface area (Å²) in [5.74, 6) is 0.915. The Morgan fingerprint density at radius 1 is 1.25 bits per heavy atom. The molecule has 1 atom stereocenters. The first-order valence-electron chi connectivity index (χ1n) is 11.0. The summed E-state index contributed by atoms with van der Waals surface area (Å²) in [6.45, 7) is 5.35. The molecule has 1 fully saturated rings. The molecule has 8 heteroatoms. The molecule has 0 radical (unpaired) electrons. The first-order chi connectivity index (χ1) is 15.5. The van der Waals surface area contributed by atoms with Crippen LogP contribution in [-0.2, 0) is 21.5 Å². The normalized spacial score (nSPS) is 19.3. The summed E-state index contributed by atoms with van der Waals surface area (Å²) in [4.78, 5) is 34.7. The highest BCUT2D eigenvalue weighted by Gasteiger charge is 2.51. The van der Waals surface area contributed by atoms with E-state index < -0.39 is 5.54 Å². The lowest BCUT2D eigenvalue weighted by Crippen LogP contribution is -2.56. The maximum atomic E-state index is 13.1. The van der Waals surface area contributed by atoms with Crippen molar-refractivity contribution >= 4 is 28.8 Å². The Hall–Kier alpha value is -3.13. The second-order valence-corrected chi connectivity index (χ2v) is 9.60. The zero-order valence-corrected chi connectivity index (χ0v) is 19.1. The van der Waals surface area contributed by atoms with Gasteiger partial charge in [-0.25, -0.2) is 4.98 Å². The number of thiophene rings is 1. The maximum absolute atomic E-state index is 13.1. The average Bonchev–Trinajstić information content (AvgIpc) is 3.51. The lowest BCUT2D eigenvalue weighted by Gasteiger charge is -2.46. The van der Waals surface area contributed by atoms with Gasteiger partial charge in [-0.2, -0.15) is 11.3 Å². The fourth-order valence-corrected chi connectivity index (χ4v) is 5.63. The van der Waals surface area contributed by atoms with E-state index in [9.17, 15) is 9.59 Å². The smallest absolute Gasteiger partial charge is 0.239 e. The summed E-state index contributed by atoms with van der Waals surface area (Å²) in [5.41, 5.74) is 2.57. The van der Waals surface area contributed by atoms with Crippen LogP contribution >= 0.6 is 11.3 Å². The number of hydrogen-bond acceptors (Lipinski definition) is 5. The number of likely N-dealkylation sites (tertiary alicyclic amines) is 1. The minimum absolute atomic E-state index is 0.0303. The van der Waals surface area contributed by atoms with Gasteiger partial charge in [0.05, 0.1) is 24.3 Å². The predicted molar refractivity (Wildman–Crippen MR) is 125 cm³/mol. The number of anilines is 1. The molecule has 0 unspecified atom stereocenters. The first-order valence-corrected chi connectivity index (χ1v) is 11.9. The van der Waals surface area contributed by atoms with E-state index in [0.29, 0.717) is 19.5 Å². The van der Waals surface area contributed by atoms with Gasteiger partial charge in [0, 0.05) is 31.5 Å². The molecule has 32 heavy (non-hydrogen) atoms. The molecule has 1 N–H and O–H groups in total. The molecule has 7 nitrogen and oxygen atoms in total. The quantitative estimate of drug-likeness (QED) is 0.650. The molecular formula is C24H27N5O2S. The van der Waals surface area contributed by atoms with Crippen LogP contribution in [0.3, 0.4) is 0 Å². The number of rotatable bonds is 5. The molecule has 0 aliphatic carbocycles. The van der Waals surface area contributed by atoms with Crippen LogP contribution in [0.2, 0.25) is 0 Å². The van der Waals surface area contributed by atoms with Gasteiger partial charge >= 0.3 is 0 Å². The van der Waals surface area contributed by atoms with Gasteiger partial charge < -0.3 is 19.7 Å². The number of pyridine rings is 1. The summed E-state index contributed by atoms with van der Waals surface area (Å²) >= 11 is 1.61. The third-order valence-electron chi connectivity index (χ3n) is 6.31. The summed E-state index contributed by atoms with van der Waals surface area (Å²) in [5, 5.41) is 7.05. The first kappa shape index (κ1) is 20.8. The number of nitrogens with zero attached hydrogens (tertiary/aromatic N) is 4. The van der Waals surface area contributed by atoms with Gasteiger partial charge in [0.1, 0.15) is 5.54 Å². The van der Waals surface area contributed by atoms with Crippen LogP contribution in [0.5, 0.6) is 0 Å². The van der Waals surface area contributed by atoms with E-state index in [4.69, 9.17) is 0 Å². The molecule has 1 saturated heterocycles. The van der Waals surface area contributed by atoms with Crippen molar-refractivity contribution in [3.05, 3.63) is 64.7 Å². The number of carbonyl (C=O) groups excluding carboxylic acids is 2. The Morgan fingerprint density at radius 3 is 2.91 bits per heavy atom. The number of hydrogen-bond donors (Lipinski definition) is 1. The highest BCUT2D eigenvalue weighted by Crippen LogP contribution is 2.46. The number of carbonyl (C=O) groups is 2. The standard InChI is InChI=1S/C24H27N5O2S/c1-17(2)26-21(30)14-29-19-5-3-9-25-23(19)28-10-4-6-20(28)24(29)8-11-27(16-24)22(31)13-18-7-12-32-15-18/h3-7,9-10,12,15,17H,8,11,13-14,16H2,1-2H3,(H,26,30)/t24-/m0/s1. The van der Waals surface area contributed by atoms with Crippen molar-refractivity contribution in [1.82, 2.24) is 19.8 Å². The van der Waals surface area contributed by atoms with E-state index >= 15 is 0 Å². The third-order valence-corrected chi connectivity index (χ3v) is 7.05. The fourth-order valence-electron chi connectivity index (χ4n) is 4.96. The molecule has 5 rings (SSSR count). The third kappa shape index (κ3) is 3.48. The monoisotopic (exact) mass is 449 g/mol. The van der Waals surface area contributed by atoms with Crippen molar-refractivity contribution in [2.75, 3.05) is 24.5 Å². The van der Waals surface area contributed by atoms with E-state index in [-0.39, 0.29) is 24.4 Å². The highest BCUT2D eigenvalue weighted by atomic mass is 32.1. The number of fused-ring (bicyclic) bond motifs is 4.